The van der Waals surface area contributed by atoms with Crippen molar-refractivity contribution in [1.29, 1.82) is 0 Å². The summed E-state index contributed by atoms with van der Waals surface area (Å²) in [5.74, 6) is 0.797. The minimum absolute atomic E-state index is 0.0818. The van der Waals surface area contributed by atoms with Crippen molar-refractivity contribution in [1.82, 2.24) is 19.9 Å². The highest BCUT2D eigenvalue weighted by Gasteiger charge is 2.28. The van der Waals surface area contributed by atoms with Gasteiger partial charge in [0.25, 0.3) is 0 Å². The van der Waals surface area contributed by atoms with Gasteiger partial charge in [-0.3, -0.25) is 4.79 Å². The summed E-state index contributed by atoms with van der Waals surface area (Å²) in [6.07, 6.45) is 2.15. The van der Waals surface area contributed by atoms with Crippen LogP contribution in [0.2, 0.25) is 0 Å². The Hall–Kier alpha value is -1.63. The van der Waals surface area contributed by atoms with E-state index in [4.69, 9.17) is 4.74 Å². The van der Waals surface area contributed by atoms with E-state index in [1.54, 1.807) is 6.33 Å². The Morgan fingerprint density at radius 1 is 1.60 bits per heavy atom. The highest BCUT2D eigenvalue weighted by molar-refractivity contribution is 9.10. The predicted molar refractivity (Wildman–Crippen MR) is 77.4 cm³/mol. The van der Waals surface area contributed by atoms with E-state index < -0.39 is 0 Å². The van der Waals surface area contributed by atoms with Crippen LogP contribution in [0.3, 0.4) is 0 Å². The molecule has 2 atom stereocenters. The Labute approximate surface area is 124 Å². The van der Waals surface area contributed by atoms with E-state index in [-0.39, 0.29) is 17.9 Å². The number of carbonyl (C=O) groups is 1. The molecule has 0 radical (unpaired) electrons. The summed E-state index contributed by atoms with van der Waals surface area (Å²) in [6, 6.07) is 1.85. The molecule has 0 bridgehead atoms. The van der Waals surface area contributed by atoms with Crippen LogP contribution in [0, 0.1) is 5.92 Å². The van der Waals surface area contributed by atoms with Crippen molar-refractivity contribution in [2.75, 3.05) is 6.54 Å². The number of rotatable bonds is 3. The molecular formula is C13H15BrN4O2. The Bertz CT molecular complexity index is 670. The largest absolute Gasteiger partial charge is 0.473 e. The molecule has 0 unspecified atom stereocenters. The average Bonchev–Trinajstić information content (AvgIpc) is 2.96. The summed E-state index contributed by atoms with van der Waals surface area (Å²) < 4.78 is 8.56. The fraction of sp³-hybridized carbons (Fsp3) is 0.462. The second-order valence-corrected chi connectivity index (χ2v) is 5.88. The number of ether oxygens (including phenoxy) is 1. The molecule has 20 heavy (non-hydrogen) atoms. The predicted octanol–water partition coefficient (Wildman–Crippen LogP) is 1.63. The minimum Gasteiger partial charge on any atom is -0.473 e. The van der Waals surface area contributed by atoms with Crippen molar-refractivity contribution in [3.63, 3.8) is 0 Å². The van der Waals surface area contributed by atoms with Crippen molar-refractivity contribution in [3.8, 4) is 5.88 Å². The quantitative estimate of drug-likeness (QED) is 0.863. The zero-order valence-electron chi connectivity index (χ0n) is 11.3. The van der Waals surface area contributed by atoms with E-state index in [0.29, 0.717) is 23.4 Å². The van der Waals surface area contributed by atoms with Crippen LogP contribution in [0.4, 0.5) is 0 Å². The molecule has 1 fully saturated rings. The van der Waals surface area contributed by atoms with Crippen LogP contribution < -0.4 is 10.1 Å². The van der Waals surface area contributed by atoms with Crippen LogP contribution in [-0.2, 0) is 11.8 Å². The van der Waals surface area contributed by atoms with Gasteiger partial charge in [-0.2, -0.15) is 0 Å². The molecule has 0 aromatic carbocycles. The molecule has 1 saturated heterocycles. The van der Waals surface area contributed by atoms with Gasteiger partial charge in [0.2, 0.25) is 11.8 Å². The lowest BCUT2D eigenvalue weighted by molar-refractivity contribution is -0.119. The number of hydrogen-bond acceptors (Lipinski definition) is 4. The molecule has 6 nitrogen and oxygen atoms in total. The lowest BCUT2D eigenvalue weighted by Gasteiger charge is -2.19. The minimum atomic E-state index is -0.0890. The van der Waals surface area contributed by atoms with Gasteiger partial charge in [0.1, 0.15) is 16.2 Å². The van der Waals surface area contributed by atoms with Gasteiger partial charge < -0.3 is 14.6 Å². The fourth-order valence-electron chi connectivity index (χ4n) is 2.42. The number of aryl methyl sites for hydroxylation is 1. The summed E-state index contributed by atoms with van der Waals surface area (Å²) in [6.45, 7) is 2.62. The molecular weight excluding hydrogens is 324 g/mol. The lowest BCUT2D eigenvalue weighted by atomic mass is 10.0. The van der Waals surface area contributed by atoms with Crippen LogP contribution in [-0.4, -0.2) is 33.1 Å². The number of nitrogens with zero attached hydrogens (tertiary/aromatic N) is 3. The van der Waals surface area contributed by atoms with E-state index in [1.165, 1.54) is 0 Å². The summed E-state index contributed by atoms with van der Waals surface area (Å²) >= 11 is 3.37. The molecule has 0 aliphatic carbocycles. The molecule has 106 valence electrons. The third-order valence-electron chi connectivity index (χ3n) is 3.60. The molecule has 7 heteroatoms. The molecule has 3 rings (SSSR count). The van der Waals surface area contributed by atoms with E-state index in [0.717, 1.165) is 11.0 Å². The van der Waals surface area contributed by atoms with E-state index in [9.17, 15) is 4.79 Å². The molecule has 1 amide bonds. The topological polar surface area (TPSA) is 69.0 Å². The van der Waals surface area contributed by atoms with E-state index in [1.807, 2.05) is 24.6 Å². The number of nitrogens with one attached hydrogen (secondary N) is 1. The van der Waals surface area contributed by atoms with Crippen molar-refractivity contribution in [3.05, 3.63) is 17.0 Å². The number of pyridine rings is 1. The zero-order valence-corrected chi connectivity index (χ0v) is 12.8. The monoisotopic (exact) mass is 338 g/mol. The number of aromatic nitrogens is 3. The summed E-state index contributed by atoms with van der Waals surface area (Å²) in [4.78, 5) is 20.0. The first-order chi connectivity index (χ1) is 9.54. The molecule has 3 heterocycles. The molecule has 2 aromatic heterocycles. The Balaban J connectivity index is 1.90. The normalized spacial score (nSPS) is 20.1. The van der Waals surface area contributed by atoms with Crippen LogP contribution in [0.1, 0.15) is 13.3 Å². The maximum absolute atomic E-state index is 11.3. The average molecular weight is 339 g/mol. The SMILES string of the molecule is C[C@@H](Oc1nc(Br)cc2ncn(C)c12)[C@H]1CNC(=O)C1. The van der Waals surface area contributed by atoms with Crippen LogP contribution >= 0.6 is 15.9 Å². The van der Waals surface area contributed by atoms with Gasteiger partial charge in [0.05, 0.1) is 11.8 Å². The summed E-state index contributed by atoms with van der Waals surface area (Å²) in [7, 11) is 1.91. The summed E-state index contributed by atoms with van der Waals surface area (Å²) in [5, 5.41) is 2.83. The maximum Gasteiger partial charge on any atom is 0.241 e. The highest BCUT2D eigenvalue weighted by atomic mass is 79.9. The van der Waals surface area contributed by atoms with Crippen molar-refractivity contribution < 1.29 is 9.53 Å². The van der Waals surface area contributed by atoms with Gasteiger partial charge in [-0.05, 0) is 28.9 Å². The van der Waals surface area contributed by atoms with Crippen LogP contribution in [0.25, 0.3) is 11.0 Å². The number of hydrogen-bond donors (Lipinski definition) is 1. The first kappa shape index (κ1) is 13.4. The van der Waals surface area contributed by atoms with Crippen molar-refractivity contribution in [2.24, 2.45) is 13.0 Å². The second kappa shape index (κ2) is 5.05. The van der Waals surface area contributed by atoms with Crippen LogP contribution in [0.15, 0.2) is 17.0 Å². The number of amides is 1. The van der Waals surface area contributed by atoms with Crippen LogP contribution in [0.5, 0.6) is 5.88 Å². The zero-order chi connectivity index (χ0) is 14.3. The van der Waals surface area contributed by atoms with Gasteiger partial charge in [-0.1, -0.05) is 0 Å². The highest BCUT2D eigenvalue weighted by Crippen LogP contribution is 2.28. The third-order valence-corrected chi connectivity index (χ3v) is 4.01. The van der Waals surface area contributed by atoms with E-state index >= 15 is 0 Å². The standard InChI is InChI=1S/C13H15BrN4O2/c1-7(8-3-11(19)15-5-8)20-13-12-9(4-10(14)17-13)16-6-18(12)2/h4,6-8H,3,5H2,1-2H3,(H,15,19)/t7-,8-/m1/s1. The summed E-state index contributed by atoms with van der Waals surface area (Å²) in [5.41, 5.74) is 1.69. The number of imidazole rings is 1. The second-order valence-electron chi connectivity index (χ2n) is 5.06. The van der Waals surface area contributed by atoms with Crippen molar-refractivity contribution >= 4 is 32.9 Å². The van der Waals surface area contributed by atoms with Gasteiger partial charge >= 0.3 is 0 Å². The smallest absolute Gasteiger partial charge is 0.241 e. The van der Waals surface area contributed by atoms with Gasteiger partial charge in [0.15, 0.2) is 0 Å². The third kappa shape index (κ3) is 2.37. The Morgan fingerprint density at radius 2 is 2.40 bits per heavy atom. The Kier molecular flexibility index (Phi) is 3.37. The number of halogens is 1. The number of fused-ring (bicyclic) bond motifs is 1. The molecule has 0 spiro atoms. The first-order valence-corrected chi connectivity index (χ1v) is 7.25. The van der Waals surface area contributed by atoms with E-state index in [2.05, 4.69) is 31.2 Å². The molecule has 1 aliphatic heterocycles. The molecule has 1 N–H and O–H groups in total. The maximum atomic E-state index is 11.3. The molecule has 0 saturated carbocycles. The number of carbonyl (C=O) groups excluding carboxylic acids is 1. The Morgan fingerprint density at radius 3 is 3.10 bits per heavy atom. The first-order valence-electron chi connectivity index (χ1n) is 6.45. The van der Waals surface area contributed by atoms with Gasteiger partial charge in [0, 0.05) is 25.9 Å². The van der Waals surface area contributed by atoms with Gasteiger partial charge in [-0.25, -0.2) is 9.97 Å². The van der Waals surface area contributed by atoms with Gasteiger partial charge in [-0.15, -0.1) is 0 Å². The molecule has 2 aromatic rings. The lowest BCUT2D eigenvalue weighted by Crippen LogP contribution is -2.26. The fourth-order valence-corrected chi connectivity index (χ4v) is 2.80. The van der Waals surface area contributed by atoms with Crippen molar-refractivity contribution in [2.45, 2.75) is 19.4 Å². The molecule has 1 aliphatic rings.